The van der Waals surface area contributed by atoms with E-state index in [1.807, 2.05) is 42.5 Å². The van der Waals surface area contributed by atoms with Gasteiger partial charge in [0.05, 0.1) is 6.04 Å². The van der Waals surface area contributed by atoms with Crippen LogP contribution in [0.2, 0.25) is 10.0 Å². The van der Waals surface area contributed by atoms with E-state index < -0.39 is 0 Å². The Hall–Kier alpha value is -1.18. The van der Waals surface area contributed by atoms with Gasteiger partial charge in [0.25, 0.3) is 0 Å². The maximum Gasteiger partial charge on any atom is 0.0733 e. The van der Waals surface area contributed by atoms with Gasteiger partial charge in [-0.15, -0.1) is 0 Å². The molecule has 1 unspecified atom stereocenters. The van der Waals surface area contributed by atoms with Crippen molar-refractivity contribution in [3.8, 4) is 0 Å². The normalized spacial score (nSPS) is 18.2. The fraction of sp³-hybridized carbons (Fsp3) is 0.143. The molecule has 2 aromatic carbocycles. The third-order valence-electron chi connectivity index (χ3n) is 3.03. The lowest BCUT2D eigenvalue weighted by Crippen LogP contribution is -1.94. The molecule has 1 aliphatic heterocycles. The quantitative estimate of drug-likeness (QED) is 0.719. The number of nitrogens with zero attached hydrogens (tertiary/aromatic N) is 1. The van der Waals surface area contributed by atoms with E-state index in [1.165, 1.54) is 11.3 Å². The molecule has 3 rings (SSSR count). The van der Waals surface area contributed by atoms with Crippen molar-refractivity contribution in [3.63, 3.8) is 0 Å². The second-order valence-corrected chi connectivity index (χ2v) is 5.01. The molecule has 0 amide bonds. The minimum absolute atomic E-state index is 0.407. The SMILES string of the molecule is Clc1ccc(N2CC2c2ccccc2Cl)cc1. The van der Waals surface area contributed by atoms with Crippen molar-refractivity contribution < 1.29 is 0 Å². The van der Waals surface area contributed by atoms with Crippen molar-refractivity contribution >= 4 is 28.9 Å². The van der Waals surface area contributed by atoms with E-state index in [4.69, 9.17) is 23.2 Å². The zero-order chi connectivity index (χ0) is 11.8. The summed E-state index contributed by atoms with van der Waals surface area (Å²) in [6, 6.07) is 16.3. The van der Waals surface area contributed by atoms with Crippen LogP contribution in [0, 0.1) is 0 Å². The van der Waals surface area contributed by atoms with E-state index in [2.05, 4.69) is 11.0 Å². The van der Waals surface area contributed by atoms with Gasteiger partial charge in [-0.3, -0.25) is 0 Å². The first-order valence-electron chi connectivity index (χ1n) is 5.52. The zero-order valence-electron chi connectivity index (χ0n) is 9.11. The molecule has 17 heavy (non-hydrogen) atoms. The number of anilines is 1. The van der Waals surface area contributed by atoms with Gasteiger partial charge in [-0.2, -0.15) is 0 Å². The van der Waals surface area contributed by atoms with Gasteiger partial charge in [-0.1, -0.05) is 41.4 Å². The summed E-state index contributed by atoms with van der Waals surface area (Å²) in [5.74, 6) is 0. The van der Waals surface area contributed by atoms with Crippen molar-refractivity contribution in [2.24, 2.45) is 0 Å². The molecule has 0 aliphatic carbocycles. The third-order valence-corrected chi connectivity index (χ3v) is 3.63. The molecule has 1 aliphatic rings. The first-order chi connectivity index (χ1) is 8.25. The van der Waals surface area contributed by atoms with Gasteiger partial charge in [0.1, 0.15) is 0 Å². The molecule has 0 N–H and O–H groups in total. The highest BCUT2D eigenvalue weighted by molar-refractivity contribution is 6.31. The molecule has 1 atom stereocenters. The second kappa shape index (κ2) is 4.25. The fourth-order valence-electron chi connectivity index (χ4n) is 2.07. The van der Waals surface area contributed by atoms with Crippen LogP contribution in [-0.4, -0.2) is 6.54 Å². The summed E-state index contributed by atoms with van der Waals surface area (Å²) in [5.41, 5.74) is 2.39. The smallest absolute Gasteiger partial charge is 0.0733 e. The summed E-state index contributed by atoms with van der Waals surface area (Å²) in [4.78, 5) is 2.30. The highest BCUT2D eigenvalue weighted by Crippen LogP contribution is 2.42. The average molecular weight is 264 g/mol. The molecular formula is C14H11Cl2N. The number of rotatable bonds is 2. The van der Waals surface area contributed by atoms with E-state index in [9.17, 15) is 0 Å². The standard InChI is InChI=1S/C14H11Cl2N/c15-10-5-7-11(8-6-10)17-9-14(17)12-3-1-2-4-13(12)16/h1-8,14H,9H2. The lowest BCUT2D eigenvalue weighted by atomic mass is 10.1. The highest BCUT2D eigenvalue weighted by Gasteiger charge is 2.36. The summed E-state index contributed by atoms with van der Waals surface area (Å²) >= 11 is 12.1. The predicted octanol–water partition coefficient (Wildman–Crippen LogP) is 4.55. The van der Waals surface area contributed by atoms with E-state index in [-0.39, 0.29) is 0 Å². The van der Waals surface area contributed by atoms with Crippen molar-refractivity contribution in [2.75, 3.05) is 11.4 Å². The largest absolute Gasteiger partial charge is 0.360 e. The van der Waals surface area contributed by atoms with Gasteiger partial charge < -0.3 is 4.90 Å². The van der Waals surface area contributed by atoms with Gasteiger partial charge >= 0.3 is 0 Å². The Morgan fingerprint density at radius 2 is 1.65 bits per heavy atom. The Morgan fingerprint density at radius 3 is 2.35 bits per heavy atom. The third kappa shape index (κ3) is 2.13. The Morgan fingerprint density at radius 1 is 0.941 bits per heavy atom. The van der Waals surface area contributed by atoms with Gasteiger partial charge in [0, 0.05) is 22.3 Å². The van der Waals surface area contributed by atoms with Gasteiger partial charge in [0.2, 0.25) is 0 Å². The molecule has 0 spiro atoms. The topological polar surface area (TPSA) is 3.01 Å². The Bertz CT molecular complexity index is 536. The second-order valence-electron chi connectivity index (χ2n) is 4.17. The summed E-state index contributed by atoms with van der Waals surface area (Å²) in [7, 11) is 0. The molecule has 1 heterocycles. The van der Waals surface area contributed by atoms with Crippen LogP contribution in [0.15, 0.2) is 48.5 Å². The van der Waals surface area contributed by atoms with Gasteiger partial charge in [0.15, 0.2) is 0 Å². The van der Waals surface area contributed by atoms with Crippen LogP contribution in [0.1, 0.15) is 11.6 Å². The molecule has 2 aromatic rings. The minimum atomic E-state index is 0.407. The maximum absolute atomic E-state index is 6.19. The number of hydrogen-bond donors (Lipinski definition) is 0. The Labute approximate surface area is 111 Å². The zero-order valence-corrected chi connectivity index (χ0v) is 10.6. The monoisotopic (exact) mass is 263 g/mol. The molecule has 1 saturated heterocycles. The lowest BCUT2D eigenvalue weighted by molar-refractivity contribution is 1.13. The molecule has 0 radical (unpaired) electrons. The summed E-state index contributed by atoms with van der Waals surface area (Å²) in [6.07, 6.45) is 0. The van der Waals surface area contributed by atoms with Crippen molar-refractivity contribution in [1.29, 1.82) is 0 Å². The fourth-order valence-corrected chi connectivity index (χ4v) is 2.46. The molecule has 0 aromatic heterocycles. The molecule has 3 heteroatoms. The number of halogens is 2. The van der Waals surface area contributed by atoms with Crippen LogP contribution in [-0.2, 0) is 0 Å². The van der Waals surface area contributed by atoms with Crippen LogP contribution in [0.3, 0.4) is 0 Å². The van der Waals surface area contributed by atoms with Crippen LogP contribution < -0.4 is 4.90 Å². The van der Waals surface area contributed by atoms with Crippen LogP contribution >= 0.6 is 23.2 Å². The van der Waals surface area contributed by atoms with Crippen LogP contribution in [0.5, 0.6) is 0 Å². The van der Waals surface area contributed by atoms with Gasteiger partial charge in [-0.25, -0.2) is 0 Å². The maximum atomic E-state index is 6.19. The van der Waals surface area contributed by atoms with Crippen LogP contribution in [0.25, 0.3) is 0 Å². The van der Waals surface area contributed by atoms with E-state index in [0.29, 0.717) is 6.04 Å². The average Bonchev–Trinajstić information content (AvgIpc) is 3.11. The Balaban J connectivity index is 1.83. The van der Waals surface area contributed by atoms with Crippen molar-refractivity contribution in [1.82, 2.24) is 0 Å². The minimum Gasteiger partial charge on any atom is -0.360 e. The number of hydrogen-bond acceptors (Lipinski definition) is 1. The van der Waals surface area contributed by atoms with Crippen molar-refractivity contribution in [3.05, 3.63) is 64.1 Å². The van der Waals surface area contributed by atoms with E-state index in [1.54, 1.807) is 0 Å². The predicted molar refractivity (Wildman–Crippen MR) is 73.0 cm³/mol. The summed E-state index contributed by atoms with van der Waals surface area (Å²) < 4.78 is 0. The van der Waals surface area contributed by atoms with E-state index in [0.717, 1.165) is 16.6 Å². The summed E-state index contributed by atoms with van der Waals surface area (Å²) in [6.45, 7) is 1.02. The molecule has 0 bridgehead atoms. The summed E-state index contributed by atoms with van der Waals surface area (Å²) in [5, 5.41) is 1.61. The first-order valence-corrected chi connectivity index (χ1v) is 6.28. The molecule has 1 fully saturated rings. The molecule has 0 saturated carbocycles. The molecular weight excluding hydrogens is 253 g/mol. The molecule has 86 valence electrons. The first kappa shape index (κ1) is 10.9. The highest BCUT2D eigenvalue weighted by atomic mass is 35.5. The van der Waals surface area contributed by atoms with Crippen molar-refractivity contribution in [2.45, 2.75) is 6.04 Å². The lowest BCUT2D eigenvalue weighted by Gasteiger charge is -2.07. The number of benzene rings is 2. The van der Waals surface area contributed by atoms with Crippen LogP contribution in [0.4, 0.5) is 5.69 Å². The van der Waals surface area contributed by atoms with Gasteiger partial charge in [-0.05, 0) is 35.9 Å². The Kier molecular flexibility index (Phi) is 2.73. The molecule has 1 nitrogen and oxygen atoms in total. The van der Waals surface area contributed by atoms with E-state index >= 15 is 0 Å².